The zero-order valence-corrected chi connectivity index (χ0v) is 15.3. The van der Waals surface area contributed by atoms with E-state index in [2.05, 4.69) is 15.3 Å². The average Bonchev–Trinajstić information content (AvgIpc) is 2.94. The normalized spacial score (nSPS) is 12.4. The van der Waals surface area contributed by atoms with Crippen molar-refractivity contribution in [3.8, 4) is 0 Å². The molecule has 0 saturated carbocycles. The molecule has 0 aliphatic rings. The smallest absolute Gasteiger partial charge is 0.223 e. The van der Waals surface area contributed by atoms with Crippen molar-refractivity contribution in [1.29, 1.82) is 0 Å². The molecule has 1 atom stereocenters. The first-order valence-corrected chi connectivity index (χ1v) is 8.64. The molecule has 0 spiro atoms. The van der Waals surface area contributed by atoms with E-state index in [1.807, 2.05) is 26.0 Å². The average molecular weight is 369 g/mol. The summed E-state index contributed by atoms with van der Waals surface area (Å²) >= 11 is 12.2. The van der Waals surface area contributed by atoms with Gasteiger partial charge in [0.15, 0.2) is 5.95 Å². The van der Waals surface area contributed by atoms with Gasteiger partial charge in [0.2, 0.25) is 5.91 Å². The Morgan fingerprint density at radius 3 is 2.75 bits per heavy atom. The number of aromatic nitrogens is 2. The summed E-state index contributed by atoms with van der Waals surface area (Å²) in [6.45, 7) is 4.43. The topological polar surface area (TPSA) is 83.8 Å². The minimum atomic E-state index is -0.110. The third-order valence-corrected chi connectivity index (χ3v) is 4.85. The molecule has 1 amide bonds. The van der Waals surface area contributed by atoms with Gasteiger partial charge < -0.3 is 16.0 Å². The van der Waals surface area contributed by atoms with Gasteiger partial charge in [0, 0.05) is 18.7 Å². The van der Waals surface area contributed by atoms with E-state index in [-0.39, 0.29) is 17.7 Å². The summed E-state index contributed by atoms with van der Waals surface area (Å²) in [5, 5.41) is 3.92. The standard InChI is InChI=1S/C17H22Cl2N4O/c1-10(2)13(7-6-12-9-22-17(20)23-12)16(24)21-8-11-4-3-5-14(18)15(11)19/h3-5,9-10,13H,6-8H2,1-2H3,(H,21,24)(H3,20,22,23). The second-order valence-electron chi connectivity index (χ2n) is 6.10. The summed E-state index contributed by atoms with van der Waals surface area (Å²) in [5.41, 5.74) is 7.24. The Kier molecular flexibility index (Phi) is 6.52. The lowest BCUT2D eigenvalue weighted by Gasteiger charge is -2.20. The van der Waals surface area contributed by atoms with Crippen LogP contribution in [0.2, 0.25) is 10.0 Å². The Labute approximate surface area is 151 Å². The van der Waals surface area contributed by atoms with E-state index in [1.54, 1.807) is 12.3 Å². The quantitative estimate of drug-likeness (QED) is 0.694. The van der Waals surface area contributed by atoms with E-state index >= 15 is 0 Å². The highest BCUT2D eigenvalue weighted by Gasteiger charge is 2.22. The number of rotatable bonds is 7. The maximum atomic E-state index is 12.5. The number of nitrogens with zero attached hydrogens (tertiary/aromatic N) is 1. The number of amides is 1. The molecule has 0 saturated heterocycles. The van der Waals surface area contributed by atoms with E-state index in [9.17, 15) is 4.79 Å². The molecular weight excluding hydrogens is 347 g/mol. The van der Waals surface area contributed by atoms with Crippen molar-refractivity contribution in [2.24, 2.45) is 11.8 Å². The molecule has 7 heteroatoms. The van der Waals surface area contributed by atoms with Crippen LogP contribution in [0.3, 0.4) is 0 Å². The second kappa shape index (κ2) is 8.40. The fourth-order valence-corrected chi connectivity index (χ4v) is 2.96. The molecule has 4 N–H and O–H groups in total. The SMILES string of the molecule is CC(C)C(CCc1c[nH]c(N)n1)C(=O)NCc1cccc(Cl)c1Cl. The summed E-state index contributed by atoms with van der Waals surface area (Å²) in [6, 6.07) is 5.39. The molecule has 0 aliphatic heterocycles. The van der Waals surface area contributed by atoms with Gasteiger partial charge in [-0.25, -0.2) is 4.98 Å². The Morgan fingerprint density at radius 1 is 1.38 bits per heavy atom. The van der Waals surface area contributed by atoms with E-state index < -0.39 is 0 Å². The number of hydrogen-bond donors (Lipinski definition) is 3. The van der Waals surface area contributed by atoms with Gasteiger partial charge in [-0.1, -0.05) is 49.2 Å². The lowest BCUT2D eigenvalue weighted by molar-refractivity contribution is -0.126. The minimum Gasteiger partial charge on any atom is -0.369 e. The summed E-state index contributed by atoms with van der Waals surface area (Å²) in [5.74, 6) is 0.507. The second-order valence-corrected chi connectivity index (χ2v) is 6.88. The van der Waals surface area contributed by atoms with Gasteiger partial charge in [-0.15, -0.1) is 0 Å². The fraction of sp³-hybridized carbons (Fsp3) is 0.412. The number of nitrogen functional groups attached to an aromatic ring is 1. The highest BCUT2D eigenvalue weighted by atomic mass is 35.5. The number of nitrogens with one attached hydrogen (secondary N) is 2. The summed E-state index contributed by atoms with van der Waals surface area (Å²) in [6.07, 6.45) is 3.18. The van der Waals surface area contributed by atoms with Crippen molar-refractivity contribution in [3.05, 3.63) is 45.7 Å². The Morgan fingerprint density at radius 2 is 2.12 bits per heavy atom. The number of anilines is 1. The zero-order valence-electron chi connectivity index (χ0n) is 13.8. The van der Waals surface area contributed by atoms with Crippen LogP contribution in [0.25, 0.3) is 0 Å². The van der Waals surface area contributed by atoms with Gasteiger partial charge in [-0.05, 0) is 30.4 Å². The molecule has 0 aliphatic carbocycles. The summed E-state index contributed by atoms with van der Waals surface area (Å²) < 4.78 is 0. The maximum absolute atomic E-state index is 12.5. The van der Waals surface area contributed by atoms with Crippen LogP contribution in [0.1, 0.15) is 31.5 Å². The van der Waals surface area contributed by atoms with Crippen LogP contribution in [-0.4, -0.2) is 15.9 Å². The number of aromatic amines is 1. The lowest BCUT2D eigenvalue weighted by atomic mass is 9.89. The van der Waals surface area contributed by atoms with E-state index in [1.165, 1.54) is 0 Å². The predicted octanol–water partition coefficient (Wildman–Crippen LogP) is 3.82. The van der Waals surface area contributed by atoms with Gasteiger partial charge in [0.25, 0.3) is 0 Å². The highest BCUT2D eigenvalue weighted by molar-refractivity contribution is 6.42. The molecule has 1 aromatic carbocycles. The molecule has 1 unspecified atom stereocenters. The van der Waals surface area contributed by atoms with E-state index in [0.29, 0.717) is 35.4 Å². The molecule has 1 aromatic heterocycles. The third-order valence-electron chi connectivity index (χ3n) is 3.99. The van der Waals surface area contributed by atoms with Crippen LogP contribution >= 0.6 is 23.2 Å². The molecule has 0 radical (unpaired) electrons. The van der Waals surface area contributed by atoms with E-state index in [0.717, 1.165) is 11.3 Å². The van der Waals surface area contributed by atoms with Gasteiger partial charge in [0.05, 0.1) is 15.7 Å². The number of hydrogen-bond acceptors (Lipinski definition) is 3. The Bertz CT molecular complexity index is 700. The van der Waals surface area contributed by atoms with Gasteiger partial charge in [-0.2, -0.15) is 0 Å². The first kappa shape index (κ1) is 18.6. The molecule has 2 rings (SSSR count). The van der Waals surface area contributed by atoms with Gasteiger partial charge in [0.1, 0.15) is 0 Å². The van der Waals surface area contributed by atoms with Crippen LogP contribution in [0, 0.1) is 11.8 Å². The fourth-order valence-electron chi connectivity index (χ4n) is 2.57. The molecule has 2 aromatic rings. The first-order valence-electron chi connectivity index (χ1n) is 7.88. The summed E-state index contributed by atoms with van der Waals surface area (Å²) in [7, 11) is 0. The van der Waals surface area contributed by atoms with Crippen LogP contribution in [0.4, 0.5) is 5.95 Å². The molecule has 24 heavy (non-hydrogen) atoms. The van der Waals surface area contributed by atoms with Crippen molar-refractivity contribution in [1.82, 2.24) is 15.3 Å². The van der Waals surface area contributed by atoms with Crippen LogP contribution in [-0.2, 0) is 17.8 Å². The number of nitrogens with two attached hydrogens (primary N) is 1. The van der Waals surface area contributed by atoms with Gasteiger partial charge >= 0.3 is 0 Å². The van der Waals surface area contributed by atoms with Crippen molar-refractivity contribution in [2.45, 2.75) is 33.2 Å². The van der Waals surface area contributed by atoms with Crippen molar-refractivity contribution >= 4 is 35.1 Å². The maximum Gasteiger partial charge on any atom is 0.223 e. The highest BCUT2D eigenvalue weighted by Crippen LogP contribution is 2.25. The monoisotopic (exact) mass is 368 g/mol. The molecular formula is C17H22Cl2N4O. The number of imidazole rings is 1. The van der Waals surface area contributed by atoms with Crippen molar-refractivity contribution in [2.75, 3.05) is 5.73 Å². The number of halogens is 2. The van der Waals surface area contributed by atoms with Crippen molar-refractivity contribution in [3.63, 3.8) is 0 Å². The Hall–Kier alpha value is -1.72. The number of carbonyl (C=O) groups is 1. The molecule has 0 fully saturated rings. The van der Waals surface area contributed by atoms with Crippen molar-refractivity contribution < 1.29 is 4.79 Å². The van der Waals surface area contributed by atoms with Gasteiger partial charge in [-0.3, -0.25) is 4.79 Å². The number of carbonyl (C=O) groups excluding carboxylic acids is 1. The largest absolute Gasteiger partial charge is 0.369 e. The third kappa shape index (κ3) is 4.89. The number of H-pyrrole nitrogens is 1. The Balaban J connectivity index is 1.94. The lowest BCUT2D eigenvalue weighted by Crippen LogP contribution is -2.33. The molecule has 5 nitrogen and oxygen atoms in total. The number of benzene rings is 1. The first-order chi connectivity index (χ1) is 11.4. The molecule has 130 valence electrons. The zero-order chi connectivity index (χ0) is 17.7. The van der Waals surface area contributed by atoms with Crippen LogP contribution in [0.5, 0.6) is 0 Å². The van der Waals surface area contributed by atoms with E-state index in [4.69, 9.17) is 28.9 Å². The molecule has 1 heterocycles. The predicted molar refractivity (Wildman–Crippen MR) is 98.0 cm³/mol. The molecule has 0 bridgehead atoms. The number of aryl methyl sites for hydroxylation is 1. The minimum absolute atomic E-state index is 0.00421. The van der Waals surface area contributed by atoms with Crippen LogP contribution in [0.15, 0.2) is 24.4 Å². The van der Waals surface area contributed by atoms with Crippen LogP contribution < -0.4 is 11.1 Å². The summed E-state index contributed by atoms with van der Waals surface area (Å²) in [4.78, 5) is 19.6.